The Balaban J connectivity index is 1.82. The Morgan fingerprint density at radius 3 is 2.37 bits per heavy atom. The molecule has 8 heteroatoms. The zero-order valence-electron chi connectivity index (χ0n) is 16.1. The number of nitrogens with zero attached hydrogens (tertiary/aromatic N) is 1. The van der Waals surface area contributed by atoms with E-state index in [9.17, 15) is 19.7 Å². The molecule has 0 atom stereocenters. The Morgan fingerprint density at radius 2 is 1.77 bits per heavy atom. The third-order valence-electron chi connectivity index (χ3n) is 4.22. The zero-order chi connectivity index (χ0) is 21.5. The molecule has 0 aliphatic carbocycles. The summed E-state index contributed by atoms with van der Waals surface area (Å²) in [5, 5.41) is 16.1. The van der Waals surface area contributed by atoms with Gasteiger partial charge in [0, 0.05) is 17.7 Å². The number of hydrogen-bond donors (Lipinski definition) is 2. The normalized spacial score (nSPS) is 11.0. The van der Waals surface area contributed by atoms with Crippen LogP contribution in [0.25, 0.3) is 6.08 Å². The number of nitrogens with one attached hydrogen (secondary N) is 2. The molecule has 152 valence electrons. The summed E-state index contributed by atoms with van der Waals surface area (Å²) in [4.78, 5) is 35.6. The highest BCUT2D eigenvalue weighted by Crippen LogP contribution is 2.14. The minimum atomic E-state index is -0.523. The van der Waals surface area contributed by atoms with Gasteiger partial charge in [0.15, 0.2) is 0 Å². The second-order valence-corrected chi connectivity index (χ2v) is 6.49. The first-order chi connectivity index (χ1) is 14.4. The summed E-state index contributed by atoms with van der Waals surface area (Å²) in [7, 11) is 0. The number of non-ortho nitro benzene ring substituents is 1. The quantitative estimate of drug-likeness (QED) is 0.354. The van der Waals surface area contributed by atoms with Crippen LogP contribution in [0.4, 0.5) is 5.69 Å². The molecule has 0 fully saturated rings. The molecule has 0 aliphatic heterocycles. The molecule has 0 bridgehead atoms. The second kappa shape index (κ2) is 9.33. The molecule has 3 aromatic rings. The molecule has 2 amide bonds. The van der Waals surface area contributed by atoms with Gasteiger partial charge in [0.2, 0.25) is 0 Å². The summed E-state index contributed by atoms with van der Waals surface area (Å²) in [6.07, 6.45) is 2.95. The Morgan fingerprint density at radius 1 is 1.07 bits per heavy atom. The highest BCUT2D eigenvalue weighted by Gasteiger charge is 2.15. The van der Waals surface area contributed by atoms with Crippen molar-refractivity contribution in [1.82, 2.24) is 10.6 Å². The molecule has 3 rings (SSSR count). The molecule has 1 aromatic heterocycles. The maximum Gasteiger partial charge on any atom is 0.269 e. The molecule has 0 saturated carbocycles. The van der Waals surface area contributed by atoms with Crippen LogP contribution in [0.5, 0.6) is 0 Å². The van der Waals surface area contributed by atoms with Crippen molar-refractivity contribution in [1.29, 1.82) is 0 Å². The van der Waals surface area contributed by atoms with Crippen molar-refractivity contribution in [2.75, 3.05) is 0 Å². The average Bonchev–Trinajstić information content (AvgIpc) is 3.26. The van der Waals surface area contributed by atoms with Gasteiger partial charge in [-0.15, -0.1) is 0 Å². The fraction of sp³-hybridized carbons (Fsp3) is 0.0909. The van der Waals surface area contributed by atoms with Crippen molar-refractivity contribution in [2.24, 2.45) is 0 Å². The van der Waals surface area contributed by atoms with Crippen molar-refractivity contribution >= 4 is 23.6 Å². The SMILES string of the molecule is Cc1ccc(C(=O)N/C(=C/c2ccc([N+](=O)[O-])cc2)C(=O)NCc2ccco2)cc1. The number of nitro benzene ring substituents is 1. The largest absolute Gasteiger partial charge is 0.467 e. The maximum atomic E-state index is 12.7. The predicted molar refractivity (Wildman–Crippen MR) is 110 cm³/mol. The average molecular weight is 405 g/mol. The van der Waals surface area contributed by atoms with Gasteiger partial charge in [-0.05, 0) is 55.0 Å². The second-order valence-electron chi connectivity index (χ2n) is 6.49. The monoisotopic (exact) mass is 405 g/mol. The number of carbonyl (C=O) groups is 2. The van der Waals surface area contributed by atoms with E-state index in [1.807, 2.05) is 6.92 Å². The van der Waals surface area contributed by atoms with Gasteiger partial charge in [-0.1, -0.05) is 17.7 Å². The molecule has 0 saturated heterocycles. The minimum Gasteiger partial charge on any atom is -0.467 e. The summed E-state index contributed by atoms with van der Waals surface area (Å²) in [5.41, 5.74) is 1.85. The van der Waals surface area contributed by atoms with E-state index in [0.29, 0.717) is 16.9 Å². The molecule has 8 nitrogen and oxygen atoms in total. The van der Waals surface area contributed by atoms with Crippen LogP contribution in [-0.4, -0.2) is 16.7 Å². The van der Waals surface area contributed by atoms with Crippen LogP contribution in [0, 0.1) is 17.0 Å². The van der Waals surface area contributed by atoms with Crippen molar-refractivity contribution in [3.8, 4) is 0 Å². The van der Waals surface area contributed by atoms with E-state index in [4.69, 9.17) is 4.42 Å². The van der Waals surface area contributed by atoms with Gasteiger partial charge >= 0.3 is 0 Å². The molecule has 30 heavy (non-hydrogen) atoms. The Hall–Kier alpha value is -4.20. The predicted octanol–water partition coefficient (Wildman–Crippen LogP) is 3.58. The third kappa shape index (κ3) is 5.41. The lowest BCUT2D eigenvalue weighted by atomic mass is 10.1. The third-order valence-corrected chi connectivity index (χ3v) is 4.22. The molecule has 0 radical (unpaired) electrons. The number of aryl methyl sites for hydroxylation is 1. The van der Waals surface area contributed by atoms with E-state index in [0.717, 1.165) is 5.56 Å². The lowest BCUT2D eigenvalue weighted by Gasteiger charge is -2.11. The molecule has 2 aromatic carbocycles. The summed E-state index contributed by atoms with van der Waals surface area (Å²) >= 11 is 0. The number of hydrogen-bond acceptors (Lipinski definition) is 5. The Labute approximate surface area is 172 Å². The number of carbonyl (C=O) groups excluding carboxylic acids is 2. The van der Waals surface area contributed by atoms with Gasteiger partial charge in [-0.2, -0.15) is 0 Å². The van der Waals surface area contributed by atoms with Gasteiger partial charge in [0.1, 0.15) is 11.5 Å². The van der Waals surface area contributed by atoms with Crippen LogP contribution in [0.3, 0.4) is 0 Å². The van der Waals surface area contributed by atoms with Gasteiger partial charge in [-0.25, -0.2) is 0 Å². The van der Waals surface area contributed by atoms with E-state index < -0.39 is 16.7 Å². The van der Waals surface area contributed by atoms with Crippen molar-refractivity contribution in [3.05, 3.63) is 105 Å². The minimum absolute atomic E-state index is 0.000911. The first-order valence-corrected chi connectivity index (χ1v) is 9.07. The van der Waals surface area contributed by atoms with Crippen LogP contribution in [-0.2, 0) is 11.3 Å². The summed E-state index contributed by atoms with van der Waals surface area (Å²) in [6.45, 7) is 2.05. The fourth-order valence-corrected chi connectivity index (χ4v) is 2.59. The van der Waals surface area contributed by atoms with E-state index in [-0.39, 0.29) is 17.9 Å². The highest BCUT2D eigenvalue weighted by molar-refractivity contribution is 6.05. The number of amides is 2. The molecule has 0 aliphatic rings. The summed E-state index contributed by atoms with van der Waals surface area (Å²) < 4.78 is 5.19. The topological polar surface area (TPSA) is 114 Å². The lowest BCUT2D eigenvalue weighted by Crippen LogP contribution is -2.34. The van der Waals surface area contributed by atoms with E-state index >= 15 is 0 Å². The van der Waals surface area contributed by atoms with Crippen LogP contribution in [0.15, 0.2) is 77.0 Å². The first kappa shape index (κ1) is 20.5. The summed E-state index contributed by atoms with van der Waals surface area (Å²) in [6, 6.07) is 16.0. The van der Waals surface area contributed by atoms with E-state index in [1.165, 1.54) is 36.6 Å². The highest BCUT2D eigenvalue weighted by atomic mass is 16.6. The van der Waals surface area contributed by atoms with Crippen molar-refractivity contribution in [2.45, 2.75) is 13.5 Å². The zero-order valence-corrected chi connectivity index (χ0v) is 16.1. The molecule has 1 heterocycles. The van der Waals surface area contributed by atoms with Crippen LogP contribution >= 0.6 is 0 Å². The van der Waals surface area contributed by atoms with E-state index in [1.54, 1.807) is 36.4 Å². The van der Waals surface area contributed by atoms with Crippen LogP contribution < -0.4 is 10.6 Å². The standard InChI is InChI=1S/C22H19N3O5/c1-15-4-8-17(9-5-15)21(26)24-20(22(27)23-14-19-3-2-12-30-19)13-16-6-10-18(11-7-16)25(28)29/h2-13H,14H2,1H3,(H,23,27)(H,24,26)/b20-13+. The number of nitro groups is 1. The van der Waals surface area contributed by atoms with Crippen LogP contribution in [0.2, 0.25) is 0 Å². The van der Waals surface area contributed by atoms with E-state index in [2.05, 4.69) is 10.6 Å². The smallest absolute Gasteiger partial charge is 0.269 e. The van der Waals surface area contributed by atoms with Gasteiger partial charge < -0.3 is 15.1 Å². The molecule has 2 N–H and O–H groups in total. The number of rotatable bonds is 7. The van der Waals surface area contributed by atoms with Crippen LogP contribution in [0.1, 0.15) is 27.2 Å². The molecular weight excluding hydrogens is 386 g/mol. The van der Waals surface area contributed by atoms with Gasteiger partial charge in [0.25, 0.3) is 17.5 Å². The Bertz CT molecular complexity index is 1070. The first-order valence-electron chi connectivity index (χ1n) is 9.07. The van der Waals surface area contributed by atoms with Crippen molar-refractivity contribution in [3.63, 3.8) is 0 Å². The summed E-state index contributed by atoms with van der Waals surface area (Å²) in [5.74, 6) is -0.413. The molecular formula is C22H19N3O5. The number of benzene rings is 2. The fourth-order valence-electron chi connectivity index (χ4n) is 2.59. The van der Waals surface area contributed by atoms with Gasteiger partial charge in [-0.3, -0.25) is 19.7 Å². The molecule has 0 unspecified atom stereocenters. The molecule has 0 spiro atoms. The Kier molecular flexibility index (Phi) is 6.39. The lowest BCUT2D eigenvalue weighted by molar-refractivity contribution is -0.384. The van der Waals surface area contributed by atoms with Crippen molar-refractivity contribution < 1.29 is 18.9 Å². The van der Waals surface area contributed by atoms with Gasteiger partial charge in [0.05, 0.1) is 17.7 Å². The maximum absolute atomic E-state index is 12.7. The number of furan rings is 1.